The summed E-state index contributed by atoms with van der Waals surface area (Å²) in [6.07, 6.45) is -9.99. The number of anilines is 1. The van der Waals surface area contributed by atoms with Crippen LogP contribution in [0.1, 0.15) is 39.5 Å². The molecule has 12 N–H and O–H groups in total. The molecule has 0 aromatic heterocycles. The van der Waals surface area contributed by atoms with E-state index in [9.17, 15) is 74.8 Å². The van der Waals surface area contributed by atoms with Gasteiger partial charge in [0.25, 0.3) is 11.4 Å². The van der Waals surface area contributed by atoms with Crippen molar-refractivity contribution < 1.29 is 126 Å². The van der Waals surface area contributed by atoms with Gasteiger partial charge in [-0.25, -0.2) is 0 Å². The zero-order valence-electron chi connectivity index (χ0n) is 51.6. The molecule has 3 rings (SSSR count). The van der Waals surface area contributed by atoms with Gasteiger partial charge >= 0.3 is 0 Å². The first-order valence-corrected chi connectivity index (χ1v) is 30.0. The number of amides is 5. The van der Waals surface area contributed by atoms with Crippen molar-refractivity contribution in [2.24, 2.45) is 0 Å². The Bertz CT molecular complexity index is 2140. The van der Waals surface area contributed by atoms with Crippen molar-refractivity contribution in [3.63, 3.8) is 0 Å². The molecule has 36 heteroatoms. The topological polar surface area (TPSA) is 485 Å². The van der Waals surface area contributed by atoms with Gasteiger partial charge in [0.05, 0.1) is 198 Å². The molecule has 91 heavy (non-hydrogen) atoms. The molecule has 0 spiro atoms. The van der Waals surface area contributed by atoms with E-state index in [1.807, 2.05) is 0 Å². The zero-order valence-corrected chi connectivity index (χ0v) is 51.6. The molecule has 522 valence electrons. The number of hydrogen-bond donors (Lipinski definition) is 12. The molecular formula is C55H94N8O28. The van der Waals surface area contributed by atoms with Crippen LogP contribution in [0, 0.1) is 20.2 Å². The lowest BCUT2D eigenvalue weighted by Gasteiger charge is -2.37. The van der Waals surface area contributed by atoms with Crippen molar-refractivity contribution in [1.82, 2.24) is 26.6 Å². The normalized spacial score (nSPS) is 20.8. The summed E-state index contributed by atoms with van der Waals surface area (Å²) in [4.78, 5) is 81.8. The second-order valence-corrected chi connectivity index (χ2v) is 20.6. The molecule has 2 saturated heterocycles. The summed E-state index contributed by atoms with van der Waals surface area (Å²) in [5.41, 5.74) is -0.784. The molecule has 10 atom stereocenters. The van der Waals surface area contributed by atoms with E-state index in [-0.39, 0.29) is 215 Å². The number of nitro benzene ring substituents is 2. The molecule has 0 bridgehead atoms. The fraction of sp³-hybridized carbons (Fsp3) is 0.800. The van der Waals surface area contributed by atoms with Crippen LogP contribution in [-0.2, 0) is 85.6 Å². The number of benzene rings is 1. The zero-order chi connectivity index (χ0) is 66.6. The third-order valence-electron chi connectivity index (χ3n) is 13.4. The average Bonchev–Trinajstić information content (AvgIpc) is 1.35. The van der Waals surface area contributed by atoms with Crippen molar-refractivity contribution in [3.8, 4) is 0 Å². The molecule has 2 unspecified atom stereocenters. The molecule has 1 aromatic carbocycles. The van der Waals surface area contributed by atoms with Gasteiger partial charge in [0.15, 0.2) is 0 Å². The Balaban J connectivity index is 1.28. The summed E-state index contributed by atoms with van der Waals surface area (Å²) in [6, 6.07) is 0.496. The van der Waals surface area contributed by atoms with Crippen molar-refractivity contribution in [3.05, 3.63) is 38.4 Å². The first-order valence-electron chi connectivity index (χ1n) is 30.0. The molecule has 0 aliphatic carbocycles. The van der Waals surface area contributed by atoms with E-state index in [0.717, 1.165) is 12.1 Å². The third kappa shape index (κ3) is 35.3. The van der Waals surface area contributed by atoms with Gasteiger partial charge in [-0.1, -0.05) is 0 Å². The van der Waals surface area contributed by atoms with E-state index < -0.39 is 113 Å². The maximum absolute atomic E-state index is 13.0. The number of carbonyl (C=O) groups is 5. The number of aliphatic hydroxyl groups excluding tert-OH is 6. The number of ether oxygens (including phenoxy) is 13. The first kappa shape index (κ1) is 79.6. The Kier molecular flexibility index (Phi) is 42.2. The highest BCUT2D eigenvalue weighted by atomic mass is 16.6. The number of aliphatic hydroxyl groups is 6. The van der Waals surface area contributed by atoms with Gasteiger partial charge in [0.1, 0.15) is 48.9 Å². The fourth-order valence-corrected chi connectivity index (χ4v) is 8.65. The predicted molar refractivity (Wildman–Crippen MR) is 314 cm³/mol. The molecule has 2 aliphatic rings. The van der Waals surface area contributed by atoms with Crippen LogP contribution in [0.5, 0.6) is 0 Å². The molecule has 1 aromatic rings. The lowest BCUT2D eigenvalue weighted by molar-refractivity contribution is -0.393. The molecule has 0 radical (unpaired) electrons. The standard InChI is InChI=1S/C55H94N8O28/c1-37(64)59-41-32-90-46(54(73)52(41)71)34-87-28-25-85-23-21-82-18-16-80-13-10-57-48(68)7-5-44(66)51(61-50(70)36-89-30-27-84-20-15-79-12-9-56-40-4-3-39(62(75)76)31-43(40)63(77)78)45(67)6-8-49(69)58-11-14-81-17-19-83-22-24-86-26-29-88-35-47-55(74)53(72)42(33-91-47)60-38(2)65/h3-4,31,41-42,44-47,51-56,66-67,71-74H,5-30,32-36H2,1-2H3,(H,57,68)(H,58,69)(H,59,64)(H,60,65)(H,61,70)/t41-,42-,44?,45?,46-,47-,51?,52-,53-,54+,55+/m1/s1. The Morgan fingerprint density at radius 1 is 0.516 bits per heavy atom. The summed E-state index contributed by atoms with van der Waals surface area (Å²) in [7, 11) is 0. The van der Waals surface area contributed by atoms with Crippen LogP contribution in [0.2, 0.25) is 0 Å². The van der Waals surface area contributed by atoms with E-state index in [0.29, 0.717) is 0 Å². The molecule has 2 fully saturated rings. The highest BCUT2D eigenvalue weighted by molar-refractivity contribution is 5.78. The van der Waals surface area contributed by atoms with Crippen molar-refractivity contribution in [2.45, 2.75) is 106 Å². The Labute approximate surface area is 526 Å². The molecule has 2 heterocycles. The lowest BCUT2D eigenvalue weighted by atomic mass is 9.97. The van der Waals surface area contributed by atoms with E-state index in [2.05, 4.69) is 31.9 Å². The minimum absolute atomic E-state index is 0.0195. The second kappa shape index (κ2) is 48.2. The fourth-order valence-electron chi connectivity index (χ4n) is 8.65. The summed E-state index contributed by atoms with van der Waals surface area (Å²) < 4.78 is 71.2. The monoisotopic (exact) mass is 1310 g/mol. The van der Waals surface area contributed by atoms with E-state index in [1.165, 1.54) is 19.9 Å². The number of carbonyl (C=O) groups excluding carboxylic acids is 5. The van der Waals surface area contributed by atoms with Crippen LogP contribution in [0.4, 0.5) is 17.1 Å². The van der Waals surface area contributed by atoms with Gasteiger partial charge in [-0.2, -0.15) is 0 Å². The predicted octanol–water partition coefficient (Wildman–Crippen LogP) is -4.65. The Hall–Kier alpha value is -5.59. The molecule has 5 amide bonds. The van der Waals surface area contributed by atoms with E-state index in [4.69, 9.17) is 61.6 Å². The number of rotatable bonds is 53. The third-order valence-corrected chi connectivity index (χ3v) is 13.4. The number of hydrogen-bond acceptors (Lipinski definition) is 29. The average molecular weight is 1320 g/mol. The highest BCUT2D eigenvalue weighted by Crippen LogP contribution is 2.29. The molecule has 2 aliphatic heterocycles. The minimum Gasteiger partial charge on any atom is -0.391 e. The SMILES string of the molecule is CC(=O)N[C@@H]1CO[C@H](COCCOCCOCCOCCNC(=O)CCC(O)C(NC(=O)COCCOCCOCCNc2ccc([N+](=O)[O-])cc2[N+](=O)[O-])C(O)CCC(=O)NCCOCCOCCOCCOC[C@H]2OC[C@@H](NC(C)=O)[C@@H](O)[C@H]2O)[C@H](O)[C@@H]1O. The van der Waals surface area contributed by atoms with Gasteiger partial charge in [-0.15, -0.1) is 0 Å². The van der Waals surface area contributed by atoms with Crippen LogP contribution < -0.4 is 31.9 Å². The van der Waals surface area contributed by atoms with Gasteiger partial charge in [0, 0.05) is 52.4 Å². The summed E-state index contributed by atoms with van der Waals surface area (Å²) >= 11 is 0. The Morgan fingerprint density at radius 3 is 1.27 bits per heavy atom. The largest absolute Gasteiger partial charge is 0.391 e. The van der Waals surface area contributed by atoms with Crippen LogP contribution in [0.3, 0.4) is 0 Å². The van der Waals surface area contributed by atoms with Crippen LogP contribution in [0.15, 0.2) is 18.2 Å². The smallest absolute Gasteiger partial charge is 0.299 e. The Morgan fingerprint density at radius 2 is 0.890 bits per heavy atom. The summed E-state index contributed by atoms with van der Waals surface area (Å²) in [5.74, 6) is -2.29. The van der Waals surface area contributed by atoms with Crippen LogP contribution >= 0.6 is 0 Å². The van der Waals surface area contributed by atoms with Crippen molar-refractivity contribution in [2.75, 3.05) is 184 Å². The maximum atomic E-state index is 13.0. The van der Waals surface area contributed by atoms with Gasteiger partial charge < -0.3 is 124 Å². The van der Waals surface area contributed by atoms with Gasteiger partial charge in [-0.3, -0.25) is 44.2 Å². The van der Waals surface area contributed by atoms with E-state index in [1.54, 1.807) is 0 Å². The quantitative estimate of drug-likeness (QED) is 0.0166. The number of nitrogens with one attached hydrogen (secondary N) is 6. The van der Waals surface area contributed by atoms with E-state index >= 15 is 0 Å². The summed E-state index contributed by atoms with van der Waals surface area (Å²) in [6.45, 7) is 6.27. The maximum Gasteiger partial charge on any atom is 0.299 e. The second-order valence-electron chi connectivity index (χ2n) is 20.6. The van der Waals surface area contributed by atoms with Gasteiger partial charge in [0.2, 0.25) is 29.5 Å². The number of non-ortho nitro benzene ring substituents is 1. The summed E-state index contributed by atoms with van der Waals surface area (Å²) in [5, 5.41) is 101. The molecular weight excluding hydrogens is 1220 g/mol. The number of nitro groups is 2. The van der Waals surface area contributed by atoms with Crippen LogP contribution in [-0.4, -0.2) is 315 Å². The van der Waals surface area contributed by atoms with Crippen molar-refractivity contribution in [1.29, 1.82) is 0 Å². The number of nitrogens with zero attached hydrogens (tertiary/aromatic N) is 2. The molecule has 0 saturated carbocycles. The lowest BCUT2D eigenvalue weighted by Crippen LogP contribution is -2.59. The minimum atomic E-state index is -1.43. The highest BCUT2D eigenvalue weighted by Gasteiger charge is 2.40. The first-order chi connectivity index (χ1) is 43.8. The van der Waals surface area contributed by atoms with Crippen LogP contribution in [0.25, 0.3) is 0 Å². The van der Waals surface area contributed by atoms with Crippen molar-refractivity contribution >= 4 is 46.6 Å². The molecule has 36 nitrogen and oxygen atoms in total. The van der Waals surface area contributed by atoms with Gasteiger partial charge in [-0.05, 0) is 18.9 Å².